The number of ether oxygens (including phenoxy) is 1. The maximum absolute atomic E-state index is 14.6. The first-order chi connectivity index (χ1) is 22.1. The van der Waals surface area contributed by atoms with E-state index in [0.717, 1.165) is 27.4 Å². The Morgan fingerprint density at radius 2 is 1.41 bits per heavy atom. The quantitative estimate of drug-likeness (QED) is 0.168. The number of rotatable bonds is 15. The van der Waals surface area contributed by atoms with Crippen LogP contribution in [0.1, 0.15) is 43.9 Å². The third-order valence-corrected chi connectivity index (χ3v) is 9.58. The van der Waals surface area contributed by atoms with Gasteiger partial charge in [-0.15, -0.1) is 0 Å². The van der Waals surface area contributed by atoms with Crippen molar-refractivity contribution in [2.24, 2.45) is 0 Å². The molecule has 0 saturated heterocycles. The molecule has 0 aliphatic heterocycles. The number of carbonyl (C=O) groups excluding carboxylic acids is 2. The number of anilines is 1. The topological polar surface area (TPSA) is 96.0 Å². The number of amides is 2. The van der Waals surface area contributed by atoms with Crippen molar-refractivity contribution < 1.29 is 22.7 Å². The summed E-state index contributed by atoms with van der Waals surface area (Å²) in [5.41, 5.74) is 3.08. The summed E-state index contributed by atoms with van der Waals surface area (Å²) in [5, 5.41) is 3.06. The molecule has 2 atom stereocenters. The number of carbonyl (C=O) groups is 2. The van der Waals surface area contributed by atoms with E-state index in [9.17, 15) is 18.0 Å². The SMILES string of the molecule is CCOc1ccc(N(CC(=O)N(Cc2ccc(C)cc2)[C@H](Cc2ccccc2)C(=O)N[C@@H](C)CC)S(=O)(=O)c2ccccc2)cc1. The van der Waals surface area contributed by atoms with Crippen LogP contribution < -0.4 is 14.4 Å². The molecule has 4 aromatic rings. The second-order valence-corrected chi connectivity index (χ2v) is 13.1. The first-order valence-corrected chi connectivity index (χ1v) is 17.1. The van der Waals surface area contributed by atoms with E-state index >= 15 is 0 Å². The van der Waals surface area contributed by atoms with Crippen molar-refractivity contribution in [3.63, 3.8) is 0 Å². The van der Waals surface area contributed by atoms with Crippen molar-refractivity contribution in [2.75, 3.05) is 17.5 Å². The standard InChI is InChI=1S/C37H43N3O5S/c1-5-29(4)38-37(42)35(25-30-13-9-7-10-14-30)39(26-31-19-17-28(3)18-20-31)36(41)27-40(32-21-23-33(24-22-32)45-6-2)46(43,44)34-15-11-8-12-16-34/h7-24,29,35H,5-6,25-27H2,1-4H3,(H,38,42)/t29-,35+/m0/s1. The Bertz CT molecular complexity index is 1660. The van der Waals surface area contributed by atoms with Crippen LogP contribution in [0.2, 0.25) is 0 Å². The average Bonchev–Trinajstić information content (AvgIpc) is 3.07. The molecule has 9 heteroatoms. The van der Waals surface area contributed by atoms with Gasteiger partial charge in [0, 0.05) is 19.0 Å². The lowest BCUT2D eigenvalue weighted by Crippen LogP contribution is -2.54. The van der Waals surface area contributed by atoms with E-state index in [2.05, 4.69) is 5.32 Å². The summed E-state index contributed by atoms with van der Waals surface area (Å²) in [5.74, 6) is -0.216. The van der Waals surface area contributed by atoms with E-state index < -0.39 is 28.5 Å². The van der Waals surface area contributed by atoms with Crippen molar-refractivity contribution >= 4 is 27.5 Å². The molecule has 1 N–H and O–H groups in total. The van der Waals surface area contributed by atoms with Crippen molar-refractivity contribution in [1.29, 1.82) is 0 Å². The molecule has 0 aliphatic carbocycles. The molecule has 4 aromatic carbocycles. The van der Waals surface area contributed by atoms with Gasteiger partial charge in [0.1, 0.15) is 18.3 Å². The fourth-order valence-electron chi connectivity index (χ4n) is 5.01. The zero-order valence-corrected chi connectivity index (χ0v) is 27.7. The summed E-state index contributed by atoms with van der Waals surface area (Å²) in [4.78, 5) is 30.0. The highest BCUT2D eigenvalue weighted by Crippen LogP contribution is 2.27. The van der Waals surface area contributed by atoms with Crippen molar-refractivity contribution in [2.45, 2.75) is 64.1 Å². The number of benzene rings is 4. The number of sulfonamides is 1. The normalized spacial score (nSPS) is 12.5. The third kappa shape index (κ3) is 8.97. The Balaban J connectivity index is 1.79. The Kier molecular flexibility index (Phi) is 12.0. The minimum atomic E-state index is -4.17. The molecule has 0 radical (unpaired) electrons. The summed E-state index contributed by atoms with van der Waals surface area (Å²) in [6.07, 6.45) is 0.978. The molecule has 0 saturated carbocycles. The molecule has 4 rings (SSSR count). The molecule has 0 heterocycles. The lowest BCUT2D eigenvalue weighted by atomic mass is 10.0. The van der Waals surface area contributed by atoms with Crippen molar-refractivity contribution in [3.8, 4) is 5.75 Å². The lowest BCUT2D eigenvalue weighted by Gasteiger charge is -2.34. The van der Waals surface area contributed by atoms with Crippen LogP contribution in [-0.4, -0.2) is 50.4 Å². The second-order valence-electron chi connectivity index (χ2n) is 11.3. The molecular weight excluding hydrogens is 598 g/mol. The second kappa shape index (κ2) is 16.1. The smallest absolute Gasteiger partial charge is 0.264 e. The van der Waals surface area contributed by atoms with E-state index in [4.69, 9.17) is 4.74 Å². The van der Waals surface area contributed by atoms with Crippen LogP contribution in [-0.2, 0) is 32.6 Å². The van der Waals surface area contributed by atoms with Crippen LogP contribution in [0.5, 0.6) is 5.75 Å². The maximum atomic E-state index is 14.6. The monoisotopic (exact) mass is 641 g/mol. The zero-order valence-electron chi connectivity index (χ0n) is 26.9. The molecule has 0 aromatic heterocycles. The van der Waals surface area contributed by atoms with E-state index in [0.29, 0.717) is 18.0 Å². The van der Waals surface area contributed by atoms with Gasteiger partial charge in [-0.3, -0.25) is 13.9 Å². The Morgan fingerprint density at radius 1 is 0.804 bits per heavy atom. The Hall–Kier alpha value is -4.63. The fraction of sp³-hybridized carbons (Fsp3) is 0.297. The van der Waals surface area contributed by atoms with Gasteiger partial charge >= 0.3 is 0 Å². The van der Waals surface area contributed by atoms with Crippen LogP contribution in [0.15, 0.2) is 114 Å². The summed E-state index contributed by atoms with van der Waals surface area (Å²) >= 11 is 0. The molecule has 0 aliphatic rings. The van der Waals surface area contributed by atoms with Gasteiger partial charge in [0.15, 0.2) is 0 Å². The van der Waals surface area contributed by atoms with Gasteiger partial charge in [-0.25, -0.2) is 8.42 Å². The summed E-state index contributed by atoms with van der Waals surface area (Å²) < 4.78 is 34.9. The first kappa shape index (κ1) is 34.2. The molecule has 2 amide bonds. The van der Waals surface area contributed by atoms with Crippen LogP contribution in [0.4, 0.5) is 5.69 Å². The van der Waals surface area contributed by atoms with Crippen LogP contribution in [0, 0.1) is 6.92 Å². The van der Waals surface area contributed by atoms with Crippen LogP contribution in [0.3, 0.4) is 0 Å². The van der Waals surface area contributed by atoms with E-state index in [1.807, 2.05) is 82.3 Å². The largest absolute Gasteiger partial charge is 0.494 e. The third-order valence-electron chi connectivity index (χ3n) is 7.79. The van der Waals surface area contributed by atoms with Gasteiger partial charge in [-0.2, -0.15) is 0 Å². The summed E-state index contributed by atoms with van der Waals surface area (Å²) in [6, 6.07) is 30.9. The maximum Gasteiger partial charge on any atom is 0.264 e. The molecule has 0 unspecified atom stereocenters. The molecule has 0 bridgehead atoms. The number of aryl methyl sites for hydroxylation is 1. The summed E-state index contributed by atoms with van der Waals surface area (Å²) in [6.45, 7) is 7.81. The number of hydrogen-bond donors (Lipinski definition) is 1. The van der Waals surface area contributed by atoms with Crippen molar-refractivity contribution in [1.82, 2.24) is 10.2 Å². The fourth-order valence-corrected chi connectivity index (χ4v) is 6.44. The highest BCUT2D eigenvalue weighted by molar-refractivity contribution is 7.92. The van der Waals surface area contributed by atoms with E-state index in [1.165, 1.54) is 17.0 Å². The Labute approximate surface area is 273 Å². The molecular formula is C37H43N3O5S. The number of nitrogens with zero attached hydrogens (tertiary/aromatic N) is 2. The molecule has 46 heavy (non-hydrogen) atoms. The summed E-state index contributed by atoms with van der Waals surface area (Å²) in [7, 11) is -4.17. The number of nitrogens with one attached hydrogen (secondary N) is 1. The van der Waals surface area contributed by atoms with Gasteiger partial charge in [-0.1, -0.05) is 85.3 Å². The number of hydrogen-bond acceptors (Lipinski definition) is 5. The van der Waals surface area contributed by atoms with Crippen LogP contribution in [0.25, 0.3) is 0 Å². The van der Waals surface area contributed by atoms with Gasteiger partial charge in [0.05, 0.1) is 17.2 Å². The van der Waals surface area contributed by atoms with E-state index in [-0.39, 0.29) is 29.8 Å². The van der Waals surface area contributed by atoms with E-state index in [1.54, 1.807) is 42.5 Å². The zero-order chi connectivity index (χ0) is 33.1. The molecule has 8 nitrogen and oxygen atoms in total. The Morgan fingerprint density at radius 3 is 2.00 bits per heavy atom. The highest BCUT2D eigenvalue weighted by Gasteiger charge is 2.35. The minimum Gasteiger partial charge on any atom is -0.494 e. The predicted octanol–water partition coefficient (Wildman–Crippen LogP) is 6.14. The highest BCUT2D eigenvalue weighted by atomic mass is 32.2. The minimum absolute atomic E-state index is 0.0529. The molecule has 242 valence electrons. The average molecular weight is 642 g/mol. The van der Waals surface area contributed by atoms with Crippen molar-refractivity contribution in [3.05, 3.63) is 126 Å². The lowest BCUT2D eigenvalue weighted by molar-refractivity contribution is -0.140. The molecule has 0 fully saturated rings. The van der Waals surface area contributed by atoms with Gasteiger partial charge in [-0.05, 0) is 74.7 Å². The first-order valence-electron chi connectivity index (χ1n) is 15.6. The van der Waals surface area contributed by atoms with Gasteiger partial charge in [0.25, 0.3) is 10.0 Å². The predicted molar refractivity (Wildman–Crippen MR) is 182 cm³/mol. The van der Waals surface area contributed by atoms with Gasteiger partial charge < -0.3 is 15.0 Å². The van der Waals surface area contributed by atoms with Gasteiger partial charge in [0.2, 0.25) is 11.8 Å². The molecule has 0 spiro atoms. The van der Waals surface area contributed by atoms with Crippen LogP contribution >= 0.6 is 0 Å².